The van der Waals surface area contributed by atoms with Crippen LogP contribution in [0.25, 0.3) is 0 Å². The number of esters is 1. The first-order chi connectivity index (χ1) is 13.9. The fraction of sp³-hybridized carbons (Fsp3) is 0.400. The number of carbonyl (C=O) groups is 2. The van der Waals surface area contributed by atoms with Crippen molar-refractivity contribution in [1.82, 2.24) is 9.97 Å². The summed E-state index contributed by atoms with van der Waals surface area (Å²) in [6.07, 6.45) is 1.60. The van der Waals surface area contributed by atoms with Crippen LogP contribution < -0.4 is 14.8 Å². The summed E-state index contributed by atoms with van der Waals surface area (Å²) in [6.45, 7) is 5.49. The molecule has 1 atom stereocenters. The number of nitrogens with zero attached hydrogens (tertiary/aromatic N) is 2. The van der Waals surface area contributed by atoms with Crippen molar-refractivity contribution in [2.24, 2.45) is 0 Å². The monoisotopic (exact) mass is 417 g/mol. The molecule has 1 amide bonds. The number of hydrogen-bond acceptors (Lipinski definition) is 8. The van der Waals surface area contributed by atoms with Crippen molar-refractivity contribution in [3.63, 3.8) is 0 Å². The first-order valence-corrected chi connectivity index (χ1v) is 10.4. The zero-order valence-corrected chi connectivity index (χ0v) is 17.6. The molecule has 0 saturated heterocycles. The SMILES string of the molecule is CSc1nc(C)c(CCC(=O)O[C@@H](C)C(=O)Nc2ccc3c(c2)OCO3)c(C)n1. The third kappa shape index (κ3) is 5.17. The molecule has 9 heteroatoms. The third-order valence-electron chi connectivity index (χ3n) is 4.48. The largest absolute Gasteiger partial charge is 0.454 e. The summed E-state index contributed by atoms with van der Waals surface area (Å²) in [5.41, 5.74) is 3.17. The number of aromatic nitrogens is 2. The summed E-state index contributed by atoms with van der Waals surface area (Å²) in [4.78, 5) is 33.3. The van der Waals surface area contributed by atoms with E-state index >= 15 is 0 Å². The smallest absolute Gasteiger partial charge is 0.306 e. The van der Waals surface area contributed by atoms with Gasteiger partial charge in [0.25, 0.3) is 5.91 Å². The fourth-order valence-electron chi connectivity index (χ4n) is 2.92. The number of ether oxygens (including phenoxy) is 3. The molecule has 1 aliphatic rings. The Kier molecular flexibility index (Phi) is 6.58. The Bertz CT molecular complexity index is 911. The van der Waals surface area contributed by atoms with Gasteiger partial charge < -0.3 is 19.5 Å². The summed E-state index contributed by atoms with van der Waals surface area (Å²) in [5.74, 6) is 0.318. The van der Waals surface area contributed by atoms with Gasteiger partial charge in [0, 0.05) is 29.6 Å². The molecule has 29 heavy (non-hydrogen) atoms. The lowest BCUT2D eigenvalue weighted by Gasteiger charge is -2.14. The number of nitrogens with one attached hydrogen (secondary N) is 1. The Labute approximate surface area is 173 Å². The summed E-state index contributed by atoms with van der Waals surface area (Å²) in [7, 11) is 0. The van der Waals surface area contributed by atoms with E-state index in [4.69, 9.17) is 14.2 Å². The van der Waals surface area contributed by atoms with Crippen LogP contribution in [-0.4, -0.2) is 41.0 Å². The number of anilines is 1. The van der Waals surface area contributed by atoms with Gasteiger partial charge in [-0.25, -0.2) is 9.97 Å². The number of fused-ring (bicyclic) bond motifs is 1. The topological polar surface area (TPSA) is 99.6 Å². The number of benzene rings is 1. The minimum absolute atomic E-state index is 0.144. The number of aryl methyl sites for hydroxylation is 2. The van der Waals surface area contributed by atoms with Crippen molar-refractivity contribution in [2.45, 2.75) is 44.9 Å². The molecule has 2 aromatic rings. The van der Waals surface area contributed by atoms with Gasteiger partial charge in [-0.05, 0) is 51.1 Å². The van der Waals surface area contributed by atoms with Crippen LogP contribution in [0.5, 0.6) is 11.5 Å². The predicted molar refractivity (Wildman–Crippen MR) is 108 cm³/mol. The Balaban J connectivity index is 1.52. The minimum atomic E-state index is -0.926. The van der Waals surface area contributed by atoms with Crippen LogP contribution in [0.4, 0.5) is 5.69 Å². The molecule has 0 fully saturated rings. The summed E-state index contributed by atoms with van der Waals surface area (Å²) in [6, 6.07) is 5.08. The number of amides is 1. The van der Waals surface area contributed by atoms with E-state index in [1.54, 1.807) is 18.2 Å². The molecule has 3 rings (SSSR count). The second-order valence-corrected chi connectivity index (χ2v) is 7.32. The van der Waals surface area contributed by atoms with Crippen molar-refractivity contribution in [1.29, 1.82) is 0 Å². The highest BCUT2D eigenvalue weighted by atomic mass is 32.2. The van der Waals surface area contributed by atoms with Gasteiger partial charge in [0.1, 0.15) is 0 Å². The summed E-state index contributed by atoms with van der Waals surface area (Å²) >= 11 is 1.48. The molecule has 0 unspecified atom stereocenters. The molecule has 2 heterocycles. The average Bonchev–Trinajstić information content (AvgIpc) is 3.14. The van der Waals surface area contributed by atoms with Gasteiger partial charge in [-0.3, -0.25) is 9.59 Å². The molecule has 8 nitrogen and oxygen atoms in total. The van der Waals surface area contributed by atoms with Gasteiger partial charge in [-0.1, -0.05) is 11.8 Å². The van der Waals surface area contributed by atoms with Crippen LogP contribution in [0.3, 0.4) is 0 Å². The Morgan fingerprint density at radius 1 is 1.21 bits per heavy atom. The Morgan fingerprint density at radius 3 is 2.59 bits per heavy atom. The number of rotatable bonds is 7. The molecule has 0 bridgehead atoms. The van der Waals surface area contributed by atoms with Gasteiger partial charge >= 0.3 is 5.97 Å². The molecule has 1 N–H and O–H groups in total. The van der Waals surface area contributed by atoms with E-state index in [0.717, 1.165) is 17.0 Å². The maximum Gasteiger partial charge on any atom is 0.306 e. The lowest BCUT2D eigenvalue weighted by molar-refractivity contribution is -0.153. The van der Waals surface area contributed by atoms with Gasteiger partial charge in [-0.2, -0.15) is 0 Å². The Hall–Kier alpha value is -2.81. The van der Waals surface area contributed by atoms with E-state index in [9.17, 15) is 9.59 Å². The molecular weight excluding hydrogens is 394 g/mol. The van der Waals surface area contributed by atoms with Crippen molar-refractivity contribution in [3.05, 3.63) is 35.2 Å². The van der Waals surface area contributed by atoms with E-state index in [1.165, 1.54) is 18.7 Å². The fourth-order valence-corrected chi connectivity index (χ4v) is 3.37. The first kappa shape index (κ1) is 20.9. The maximum atomic E-state index is 12.3. The van der Waals surface area contributed by atoms with E-state index < -0.39 is 18.0 Å². The molecule has 1 aromatic heterocycles. The van der Waals surface area contributed by atoms with Gasteiger partial charge in [0.15, 0.2) is 22.8 Å². The van der Waals surface area contributed by atoms with E-state index in [-0.39, 0.29) is 13.2 Å². The summed E-state index contributed by atoms with van der Waals surface area (Å²) < 4.78 is 15.8. The van der Waals surface area contributed by atoms with E-state index in [0.29, 0.717) is 28.8 Å². The quantitative estimate of drug-likeness (QED) is 0.417. The van der Waals surface area contributed by atoms with Crippen LogP contribution in [0.1, 0.15) is 30.3 Å². The van der Waals surface area contributed by atoms with Crippen LogP contribution in [-0.2, 0) is 20.7 Å². The number of carbonyl (C=O) groups excluding carboxylic acids is 2. The van der Waals surface area contributed by atoms with E-state index in [1.807, 2.05) is 20.1 Å². The molecule has 0 spiro atoms. The molecular formula is C20H23N3O5S. The maximum absolute atomic E-state index is 12.3. The lowest BCUT2D eigenvalue weighted by Crippen LogP contribution is -2.30. The molecule has 1 aliphatic heterocycles. The molecule has 0 radical (unpaired) electrons. The number of thioether (sulfide) groups is 1. The van der Waals surface area contributed by atoms with Gasteiger partial charge in [0.05, 0.1) is 0 Å². The molecule has 0 saturated carbocycles. The number of hydrogen-bond donors (Lipinski definition) is 1. The molecule has 0 aliphatic carbocycles. The van der Waals surface area contributed by atoms with Gasteiger partial charge in [-0.15, -0.1) is 0 Å². The van der Waals surface area contributed by atoms with Crippen LogP contribution in [0.15, 0.2) is 23.4 Å². The zero-order valence-electron chi connectivity index (χ0n) is 16.8. The standard InChI is InChI=1S/C20H23N3O5S/c1-11-15(12(2)22-20(21-11)29-4)6-8-18(24)28-13(3)19(25)23-14-5-7-16-17(9-14)27-10-26-16/h5,7,9,13H,6,8,10H2,1-4H3,(H,23,25)/t13-/m0/s1. The zero-order chi connectivity index (χ0) is 21.0. The van der Waals surface area contributed by atoms with Crippen molar-refractivity contribution < 1.29 is 23.8 Å². The molecule has 1 aromatic carbocycles. The van der Waals surface area contributed by atoms with Crippen LogP contribution in [0.2, 0.25) is 0 Å². The molecule has 154 valence electrons. The third-order valence-corrected chi connectivity index (χ3v) is 5.03. The minimum Gasteiger partial charge on any atom is -0.454 e. The summed E-state index contributed by atoms with van der Waals surface area (Å²) in [5, 5.41) is 3.42. The highest BCUT2D eigenvalue weighted by Crippen LogP contribution is 2.34. The normalized spacial score (nSPS) is 13.1. The highest BCUT2D eigenvalue weighted by Gasteiger charge is 2.20. The van der Waals surface area contributed by atoms with Crippen molar-refractivity contribution in [2.75, 3.05) is 18.4 Å². The van der Waals surface area contributed by atoms with Gasteiger partial charge in [0.2, 0.25) is 6.79 Å². The second kappa shape index (κ2) is 9.13. The predicted octanol–water partition coefficient (Wildman–Crippen LogP) is 3.05. The first-order valence-electron chi connectivity index (χ1n) is 9.15. The Morgan fingerprint density at radius 2 is 1.90 bits per heavy atom. The average molecular weight is 417 g/mol. The van der Waals surface area contributed by atoms with E-state index in [2.05, 4.69) is 15.3 Å². The van der Waals surface area contributed by atoms with Crippen molar-refractivity contribution in [3.8, 4) is 11.5 Å². The lowest BCUT2D eigenvalue weighted by atomic mass is 10.1. The van der Waals surface area contributed by atoms with Crippen molar-refractivity contribution >= 4 is 29.3 Å². The highest BCUT2D eigenvalue weighted by molar-refractivity contribution is 7.98. The van der Waals surface area contributed by atoms with Crippen LogP contribution in [0, 0.1) is 13.8 Å². The van der Waals surface area contributed by atoms with Crippen LogP contribution >= 0.6 is 11.8 Å². The second-order valence-electron chi connectivity index (χ2n) is 6.55.